The summed E-state index contributed by atoms with van der Waals surface area (Å²) in [4.78, 5) is 27.7. The van der Waals surface area contributed by atoms with Gasteiger partial charge in [0.25, 0.3) is 0 Å². The molecule has 0 aromatic heterocycles. The number of likely N-dealkylation sites (tertiary alicyclic amines) is 2. The molecule has 1 atom stereocenters. The predicted molar refractivity (Wildman–Crippen MR) is 85.2 cm³/mol. The Morgan fingerprint density at radius 3 is 2.18 bits per heavy atom. The van der Waals surface area contributed by atoms with Crippen molar-refractivity contribution in [1.82, 2.24) is 9.80 Å². The van der Waals surface area contributed by atoms with Crippen LogP contribution in [0.3, 0.4) is 0 Å². The number of carbonyl (C=O) groups is 2. The maximum absolute atomic E-state index is 12.7. The van der Waals surface area contributed by atoms with Gasteiger partial charge in [-0.1, -0.05) is 19.3 Å². The van der Waals surface area contributed by atoms with E-state index in [4.69, 9.17) is 5.73 Å². The number of urea groups is 1. The van der Waals surface area contributed by atoms with Gasteiger partial charge in [0.2, 0.25) is 5.91 Å². The highest BCUT2D eigenvalue weighted by molar-refractivity contribution is 5.80. The summed E-state index contributed by atoms with van der Waals surface area (Å²) in [6, 6.07) is -0.391. The third-order valence-corrected chi connectivity index (χ3v) is 6.13. The summed E-state index contributed by atoms with van der Waals surface area (Å²) < 4.78 is 0. The quantitative estimate of drug-likeness (QED) is 0.808. The molecular formula is C17H29N3O2. The molecule has 22 heavy (non-hydrogen) atoms. The fraction of sp³-hybridized carbons (Fsp3) is 0.882. The first-order valence-electron chi connectivity index (χ1n) is 8.93. The van der Waals surface area contributed by atoms with Gasteiger partial charge < -0.3 is 15.5 Å². The molecule has 124 valence electrons. The SMILES string of the molecule is NC(=O)N1CCCC(C(=O)N2CCC3(CCCCC3)CC2)C1. The first kappa shape index (κ1) is 15.6. The predicted octanol–water partition coefficient (Wildman–Crippen LogP) is 2.35. The second-order valence-electron chi connectivity index (χ2n) is 7.51. The molecule has 3 amide bonds. The lowest BCUT2D eigenvalue weighted by molar-refractivity contribution is -0.139. The lowest BCUT2D eigenvalue weighted by atomic mass is 9.68. The maximum Gasteiger partial charge on any atom is 0.314 e. The van der Waals surface area contributed by atoms with Crippen molar-refractivity contribution in [3.8, 4) is 0 Å². The molecule has 2 saturated heterocycles. The molecule has 3 fully saturated rings. The fourth-order valence-electron chi connectivity index (χ4n) is 4.64. The number of primary amides is 1. The van der Waals surface area contributed by atoms with Gasteiger partial charge in [-0.15, -0.1) is 0 Å². The number of nitrogens with zero attached hydrogens (tertiary/aromatic N) is 2. The Morgan fingerprint density at radius 1 is 0.864 bits per heavy atom. The van der Waals surface area contributed by atoms with Crippen LogP contribution in [0.25, 0.3) is 0 Å². The molecule has 0 aromatic carbocycles. The van der Waals surface area contributed by atoms with Crippen LogP contribution in [-0.4, -0.2) is 47.9 Å². The zero-order chi connectivity index (χ0) is 15.6. The van der Waals surface area contributed by atoms with Crippen molar-refractivity contribution < 1.29 is 9.59 Å². The van der Waals surface area contributed by atoms with Gasteiger partial charge in [-0.2, -0.15) is 0 Å². The standard InChI is InChI=1S/C17H29N3O2/c18-16(22)20-10-4-5-14(13-20)15(21)19-11-8-17(9-12-19)6-2-1-3-7-17/h14H,1-13H2,(H2,18,22). The maximum atomic E-state index is 12.7. The minimum Gasteiger partial charge on any atom is -0.351 e. The largest absolute Gasteiger partial charge is 0.351 e. The van der Waals surface area contributed by atoms with Gasteiger partial charge in [0.05, 0.1) is 5.92 Å². The summed E-state index contributed by atoms with van der Waals surface area (Å²) in [6.45, 7) is 3.02. The summed E-state index contributed by atoms with van der Waals surface area (Å²) in [7, 11) is 0. The zero-order valence-electron chi connectivity index (χ0n) is 13.6. The van der Waals surface area contributed by atoms with Crippen LogP contribution in [0.4, 0.5) is 4.79 Å². The average Bonchev–Trinajstić information content (AvgIpc) is 2.56. The number of hydrogen-bond donors (Lipinski definition) is 1. The van der Waals surface area contributed by atoms with E-state index in [0.717, 1.165) is 25.9 Å². The van der Waals surface area contributed by atoms with E-state index in [1.807, 2.05) is 0 Å². The van der Waals surface area contributed by atoms with E-state index >= 15 is 0 Å². The van der Waals surface area contributed by atoms with Crippen molar-refractivity contribution in [2.24, 2.45) is 17.1 Å². The van der Waals surface area contributed by atoms with E-state index in [2.05, 4.69) is 4.90 Å². The molecule has 1 unspecified atom stereocenters. The summed E-state index contributed by atoms with van der Waals surface area (Å²) in [5.41, 5.74) is 5.89. The highest BCUT2D eigenvalue weighted by Crippen LogP contribution is 2.44. The molecule has 0 aromatic rings. The third kappa shape index (κ3) is 3.23. The summed E-state index contributed by atoms with van der Waals surface area (Å²) in [6.07, 6.45) is 10.9. The van der Waals surface area contributed by atoms with Crippen molar-refractivity contribution in [2.45, 2.75) is 57.8 Å². The van der Waals surface area contributed by atoms with Gasteiger partial charge in [-0.25, -0.2) is 4.79 Å². The molecule has 2 aliphatic heterocycles. The molecule has 2 heterocycles. The Hall–Kier alpha value is -1.26. The number of piperidine rings is 2. The van der Waals surface area contributed by atoms with Crippen LogP contribution >= 0.6 is 0 Å². The molecule has 1 saturated carbocycles. The minimum atomic E-state index is -0.391. The van der Waals surface area contributed by atoms with Gasteiger partial charge in [-0.3, -0.25) is 4.79 Å². The highest BCUT2D eigenvalue weighted by Gasteiger charge is 2.38. The Morgan fingerprint density at radius 2 is 1.55 bits per heavy atom. The monoisotopic (exact) mass is 307 g/mol. The molecule has 3 aliphatic rings. The Bertz CT molecular complexity index is 422. The van der Waals surface area contributed by atoms with Crippen LogP contribution in [0, 0.1) is 11.3 Å². The van der Waals surface area contributed by atoms with Crippen LogP contribution in [0.2, 0.25) is 0 Å². The highest BCUT2D eigenvalue weighted by atomic mass is 16.2. The Balaban J connectivity index is 1.54. The number of amides is 3. The molecule has 0 bridgehead atoms. The van der Waals surface area contributed by atoms with Crippen molar-refractivity contribution in [3.05, 3.63) is 0 Å². The lowest BCUT2D eigenvalue weighted by Gasteiger charge is -2.45. The normalized spacial score (nSPS) is 28.6. The molecule has 2 N–H and O–H groups in total. The van der Waals surface area contributed by atoms with Gasteiger partial charge in [0.15, 0.2) is 0 Å². The number of hydrogen-bond acceptors (Lipinski definition) is 2. The van der Waals surface area contributed by atoms with Gasteiger partial charge in [0.1, 0.15) is 0 Å². The zero-order valence-corrected chi connectivity index (χ0v) is 13.6. The third-order valence-electron chi connectivity index (χ3n) is 6.13. The Labute approximate surface area is 133 Å². The van der Waals surface area contributed by atoms with E-state index in [1.165, 1.54) is 44.9 Å². The number of rotatable bonds is 1. The van der Waals surface area contributed by atoms with Gasteiger partial charge in [-0.05, 0) is 43.9 Å². The second-order valence-corrected chi connectivity index (χ2v) is 7.51. The molecule has 3 rings (SSSR count). The molecule has 5 heteroatoms. The van der Waals surface area contributed by atoms with Crippen molar-refractivity contribution >= 4 is 11.9 Å². The minimum absolute atomic E-state index is 0.0401. The first-order chi connectivity index (χ1) is 10.6. The average molecular weight is 307 g/mol. The van der Waals surface area contributed by atoms with E-state index < -0.39 is 6.03 Å². The van der Waals surface area contributed by atoms with Crippen LogP contribution in [-0.2, 0) is 4.79 Å². The molecule has 1 aliphatic carbocycles. The molecule has 1 spiro atoms. The number of carbonyl (C=O) groups excluding carboxylic acids is 2. The Kier molecular flexibility index (Phi) is 4.59. The fourth-order valence-corrected chi connectivity index (χ4v) is 4.64. The van der Waals surface area contributed by atoms with E-state index in [1.54, 1.807) is 4.90 Å². The second kappa shape index (κ2) is 6.47. The lowest BCUT2D eigenvalue weighted by Crippen LogP contribution is -2.51. The summed E-state index contributed by atoms with van der Waals surface area (Å²) in [5, 5.41) is 0. The molecular weight excluding hydrogens is 278 g/mol. The van der Waals surface area contributed by atoms with Crippen molar-refractivity contribution in [1.29, 1.82) is 0 Å². The molecule has 5 nitrogen and oxygen atoms in total. The number of nitrogens with two attached hydrogens (primary N) is 1. The van der Waals surface area contributed by atoms with Crippen LogP contribution < -0.4 is 5.73 Å². The van der Waals surface area contributed by atoms with E-state index in [-0.39, 0.29) is 11.8 Å². The summed E-state index contributed by atoms with van der Waals surface area (Å²) >= 11 is 0. The smallest absolute Gasteiger partial charge is 0.314 e. The van der Waals surface area contributed by atoms with Crippen LogP contribution in [0.1, 0.15) is 57.8 Å². The van der Waals surface area contributed by atoms with Crippen LogP contribution in [0.15, 0.2) is 0 Å². The topological polar surface area (TPSA) is 66.6 Å². The van der Waals surface area contributed by atoms with Crippen molar-refractivity contribution in [2.75, 3.05) is 26.2 Å². The van der Waals surface area contributed by atoms with E-state index in [9.17, 15) is 9.59 Å². The van der Waals surface area contributed by atoms with Crippen molar-refractivity contribution in [3.63, 3.8) is 0 Å². The van der Waals surface area contributed by atoms with Crippen LogP contribution in [0.5, 0.6) is 0 Å². The molecule has 0 radical (unpaired) electrons. The van der Waals surface area contributed by atoms with E-state index in [0.29, 0.717) is 18.5 Å². The first-order valence-corrected chi connectivity index (χ1v) is 8.93. The summed E-state index contributed by atoms with van der Waals surface area (Å²) in [5.74, 6) is 0.207. The van der Waals surface area contributed by atoms with Gasteiger partial charge >= 0.3 is 6.03 Å². The van der Waals surface area contributed by atoms with Gasteiger partial charge in [0, 0.05) is 26.2 Å².